The number of nitrogens with zero attached hydrogens (tertiary/aromatic N) is 1. The van der Waals surface area contributed by atoms with Crippen LogP contribution < -0.4 is 14.9 Å². The van der Waals surface area contributed by atoms with Crippen molar-refractivity contribution in [3.63, 3.8) is 0 Å². The van der Waals surface area contributed by atoms with Gasteiger partial charge in [-0.2, -0.15) is 5.10 Å². The number of amides is 1. The number of aromatic hydroxyl groups is 1. The molecule has 2 aromatic carbocycles. The maximum atomic E-state index is 11.7. The third-order valence-corrected chi connectivity index (χ3v) is 3.31. The molecule has 24 heavy (non-hydrogen) atoms. The SMILES string of the molecule is CCc1ccc(OCC(=O)NN=Cc2ccc(OC)c(O)c2)cc1. The van der Waals surface area contributed by atoms with Gasteiger partial charge in [-0.3, -0.25) is 4.79 Å². The van der Waals surface area contributed by atoms with Crippen LogP contribution in [0, 0.1) is 0 Å². The molecule has 6 nitrogen and oxygen atoms in total. The number of carbonyl (C=O) groups excluding carboxylic acids is 1. The molecule has 0 fully saturated rings. The normalized spacial score (nSPS) is 10.6. The summed E-state index contributed by atoms with van der Waals surface area (Å²) >= 11 is 0. The van der Waals surface area contributed by atoms with Crippen LogP contribution in [0.4, 0.5) is 0 Å². The standard InChI is InChI=1S/C18H20N2O4/c1-3-13-4-7-15(8-5-13)24-12-18(22)20-19-11-14-6-9-17(23-2)16(21)10-14/h4-11,21H,3,12H2,1-2H3,(H,20,22). The van der Waals surface area contributed by atoms with Gasteiger partial charge in [0.2, 0.25) is 0 Å². The Kier molecular flexibility index (Phi) is 6.19. The highest BCUT2D eigenvalue weighted by atomic mass is 16.5. The van der Waals surface area contributed by atoms with E-state index in [0.717, 1.165) is 6.42 Å². The largest absolute Gasteiger partial charge is 0.504 e. The fraction of sp³-hybridized carbons (Fsp3) is 0.222. The van der Waals surface area contributed by atoms with Crippen LogP contribution in [0.15, 0.2) is 47.6 Å². The molecule has 2 rings (SSSR count). The molecule has 0 saturated carbocycles. The van der Waals surface area contributed by atoms with E-state index < -0.39 is 0 Å². The van der Waals surface area contributed by atoms with Crippen LogP contribution in [0.1, 0.15) is 18.1 Å². The van der Waals surface area contributed by atoms with Crippen molar-refractivity contribution in [2.45, 2.75) is 13.3 Å². The molecule has 2 N–H and O–H groups in total. The summed E-state index contributed by atoms with van der Waals surface area (Å²) in [4.78, 5) is 11.7. The number of ether oxygens (including phenoxy) is 2. The predicted molar refractivity (Wildman–Crippen MR) is 91.7 cm³/mol. The summed E-state index contributed by atoms with van der Waals surface area (Å²) in [5.74, 6) is 0.639. The van der Waals surface area contributed by atoms with Gasteiger partial charge in [-0.15, -0.1) is 0 Å². The number of methoxy groups -OCH3 is 1. The molecular formula is C18H20N2O4. The second kappa shape index (κ2) is 8.57. The average molecular weight is 328 g/mol. The Morgan fingerprint density at radius 1 is 1.25 bits per heavy atom. The van der Waals surface area contributed by atoms with Crippen LogP contribution in [-0.4, -0.2) is 30.9 Å². The van der Waals surface area contributed by atoms with Crippen molar-refractivity contribution in [3.8, 4) is 17.2 Å². The molecule has 6 heteroatoms. The molecule has 0 aliphatic carbocycles. The first kappa shape index (κ1) is 17.3. The van der Waals surface area contributed by atoms with Gasteiger partial charge in [0.15, 0.2) is 18.1 Å². The molecule has 2 aromatic rings. The summed E-state index contributed by atoms with van der Waals surface area (Å²) in [6.07, 6.45) is 2.38. The Hall–Kier alpha value is -3.02. The van der Waals surface area contributed by atoms with Crippen molar-refractivity contribution in [1.82, 2.24) is 5.43 Å². The maximum absolute atomic E-state index is 11.7. The fourth-order valence-electron chi connectivity index (χ4n) is 1.97. The number of phenolic OH excluding ortho intramolecular Hbond substituents is 1. The number of hydrogen-bond acceptors (Lipinski definition) is 5. The molecule has 0 aliphatic heterocycles. The van der Waals surface area contributed by atoms with Gasteiger partial charge in [0, 0.05) is 0 Å². The molecule has 0 heterocycles. The van der Waals surface area contributed by atoms with E-state index in [0.29, 0.717) is 17.1 Å². The van der Waals surface area contributed by atoms with Crippen molar-refractivity contribution in [1.29, 1.82) is 0 Å². The molecular weight excluding hydrogens is 308 g/mol. The van der Waals surface area contributed by atoms with Crippen LogP contribution in [0.3, 0.4) is 0 Å². The van der Waals surface area contributed by atoms with Gasteiger partial charge in [0.1, 0.15) is 5.75 Å². The summed E-state index contributed by atoms with van der Waals surface area (Å²) in [5.41, 5.74) is 4.20. The fourth-order valence-corrected chi connectivity index (χ4v) is 1.97. The minimum absolute atomic E-state index is 0.00614. The van der Waals surface area contributed by atoms with Gasteiger partial charge in [-0.1, -0.05) is 19.1 Å². The Morgan fingerprint density at radius 3 is 2.62 bits per heavy atom. The van der Waals surface area contributed by atoms with Crippen molar-refractivity contribution in [2.24, 2.45) is 5.10 Å². The van der Waals surface area contributed by atoms with Gasteiger partial charge in [-0.05, 0) is 47.9 Å². The Morgan fingerprint density at radius 2 is 2.00 bits per heavy atom. The van der Waals surface area contributed by atoms with Gasteiger partial charge in [0.05, 0.1) is 13.3 Å². The Balaban J connectivity index is 1.80. The molecule has 0 radical (unpaired) electrons. The molecule has 1 amide bonds. The second-order valence-electron chi connectivity index (χ2n) is 5.01. The first-order valence-electron chi connectivity index (χ1n) is 7.53. The van der Waals surface area contributed by atoms with E-state index in [2.05, 4.69) is 17.5 Å². The number of nitrogens with one attached hydrogen (secondary N) is 1. The van der Waals surface area contributed by atoms with Gasteiger partial charge in [0.25, 0.3) is 5.91 Å². The molecule has 0 unspecified atom stereocenters. The highest BCUT2D eigenvalue weighted by Crippen LogP contribution is 2.25. The van der Waals surface area contributed by atoms with Gasteiger partial charge in [-0.25, -0.2) is 5.43 Å². The lowest BCUT2D eigenvalue weighted by Crippen LogP contribution is -2.24. The summed E-state index contributed by atoms with van der Waals surface area (Å²) in [5, 5.41) is 13.5. The van der Waals surface area contributed by atoms with Crippen LogP contribution in [0.25, 0.3) is 0 Å². The van der Waals surface area contributed by atoms with Crippen LogP contribution in [0.5, 0.6) is 17.2 Å². The molecule has 0 saturated heterocycles. The van der Waals surface area contributed by atoms with Crippen LogP contribution in [0.2, 0.25) is 0 Å². The summed E-state index contributed by atoms with van der Waals surface area (Å²) < 4.78 is 10.3. The van der Waals surface area contributed by atoms with Gasteiger partial charge >= 0.3 is 0 Å². The molecule has 0 aromatic heterocycles. The second-order valence-corrected chi connectivity index (χ2v) is 5.01. The number of hydrazone groups is 1. The average Bonchev–Trinajstić information content (AvgIpc) is 2.60. The third kappa shape index (κ3) is 5.01. The first-order valence-corrected chi connectivity index (χ1v) is 7.53. The smallest absolute Gasteiger partial charge is 0.277 e. The number of carbonyl (C=O) groups is 1. The highest BCUT2D eigenvalue weighted by molar-refractivity contribution is 5.83. The summed E-state index contributed by atoms with van der Waals surface area (Å²) in [7, 11) is 1.47. The minimum atomic E-state index is -0.372. The molecule has 0 bridgehead atoms. The molecule has 126 valence electrons. The van der Waals surface area contributed by atoms with E-state index in [9.17, 15) is 9.90 Å². The molecule has 0 aliphatic rings. The summed E-state index contributed by atoms with van der Waals surface area (Å²) in [6.45, 7) is 1.94. The Labute approximate surface area is 140 Å². The minimum Gasteiger partial charge on any atom is -0.504 e. The highest BCUT2D eigenvalue weighted by Gasteiger charge is 2.03. The quantitative estimate of drug-likeness (QED) is 0.604. The lowest BCUT2D eigenvalue weighted by molar-refractivity contribution is -0.123. The van der Waals surface area contributed by atoms with Crippen molar-refractivity contribution in [3.05, 3.63) is 53.6 Å². The number of rotatable bonds is 7. The van der Waals surface area contributed by atoms with E-state index in [4.69, 9.17) is 9.47 Å². The zero-order chi connectivity index (χ0) is 17.4. The third-order valence-electron chi connectivity index (χ3n) is 3.31. The van der Waals surface area contributed by atoms with E-state index in [1.165, 1.54) is 25.0 Å². The van der Waals surface area contributed by atoms with E-state index >= 15 is 0 Å². The maximum Gasteiger partial charge on any atom is 0.277 e. The monoisotopic (exact) mass is 328 g/mol. The van der Waals surface area contributed by atoms with E-state index in [1.807, 2.05) is 24.3 Å². The zero-order valence-electron chi connectivity index (χ0n) is 13.7. The zero-order valence-corrected chi connectivity index (χ0v) is 13.7. The lowest BCUT2D eigenvalue weighted by Gasteiger charge is -2.06. The lowest BCUT2D eigenvalue weighted by atomic mass is 10.2. The number of aryl methyl sites for hydroxylation is 1. The Bertz CT molecular complexity index is 711. The van der Waals surface area contributed by atoms with Crippen molar-refractivity contribution in [2.75, 3.05) is 13.7 Å². The number of hydrogen-bond donors (Lipinski definition) is 2. The molecule has 0 atom stereocenters. The van der Waals surface area contributed by atoms with Crippen LogP contribution in [-0.2, 0) is 11.2 Å². The molecule has 0 spiro atoms. The first-order chi connectivity index (χ1) is 11.6. The number of benzene rings is 2. The van der Waals surface area contributed by atoms with E-state index in [-0.39, 0.29) is 18.3 Å². The van der Waals surface area contributed by atoms with E-state index in [1.54, 1.807) is 12.1 Å². The van der Waals surface area contributed by atoms with Crippen LogP contribution >= 0.6 is 0 Å². The van der Waals surface area contributed by atoms with Gasteiger partial charge < -0.3 is 14.6 Å². The number of phenols is 1. The van der Waals surface area contributed by atoms with Crippen molar-refractivity contribution >= 4 is 12.1 Å². The topological polar surface area (TPSA) is 80.2 Å². The summed E-state index contributed by atoms with van der Waals surface area (Å²) in [6, 6.07) is 12.4. The predicted octanol–water partition coefficient (Wildman–Crippen LogP) is 2.49. The van der Waals surface area contributed by atoms with Crippen molar-refractivity contribution < 1.29 is 19.4 Å².